The van der Waals surface area contributed by atoms with Crippen LogP contribution in [-0.2, 0) is 25.5 Å². The Bertz CT molecular complexity index is 802. The maximum atomic E-state index is 11.9. The lowest BCUT2D eigenvalue weighted by atomic mass is 9.77. The molecule has 0 spiro atoms. The lowest BCUT2D eigenvalue weighted by molar-refractivity contribution is -0.144. The van der Waals surface area contributed by atoms with Crippen LogP contribution in [0.15, 0.2) is 48.6 Å². The number of unbranched alkanes of at least 4 members (excludes halogenated alkanes) is 2. The van der Waals surface area contributed by atoms with Gasteiger partial charge in [0.15, 0.2) is 0 Å². The van der Waals surface area contributed by atoms with E-state index in [1.165, 1.54) is 56.9 Å². The van der Waals surface area contributed by atoms with E-state index in [4.69, 9.17) is 14.6 Å². The summed E-state index contributed by atoms with van der Waals surface area (Å²) in [6.07, 6.45) is 11.2. The second-order valence-electron chi connectivity index (χ2n) is 9.76. The molecule has 1 aromatic carbocycles. The molecule has 1 saturated carbocycles. The fourth-order valence-electron chi connectivity index (χ4n) is 4.57. The Morgan fingerprint density at radius 2 is 1.62 bits per heavy atom. The highest BCUT2D eigenvalue weighted by Gasteiger charge is 2.22. The molecule has 0 bridgehead atoms. The number of hydrogen-bond donors (Lipinski definition) is 1. The first-order valence-electron chi connectivity index (χ1n) is 12.7. The van der Waals surface area contributed by atoms with E-state index in [2.05, 4.69) is 44.3 Å². The summed E-state index contributed by atoms with van der Waals surface area (Å²) in [4.78, 5) is 23.7. The third kappa shape index (κ3) is 9.46. The molecule has 1 aliphatic rings. The second-order valence-corrected chi connectivity index (χ2v) is 9.76. The topological polar surface area (TPSA) is 72.8 Å². The van der Waals surface area contributed by atoms with E-state index in [1.54, 1.807) is 6.92 Å². The zero-order valence-corrected chi connectivity index (χ0v) is 21.0. The van der Waals surface area contributed by atoms with E-state index in [0.29, 0.717) is 17.9 Å². The predicted octanol–water partition coefficient (Wildman–Crippen LogP) is 5.91. The Balaban J connectivity index is 1.92. The van der Waals surface area contributed by atoms with Gasteiger partial charge in [0.05, 0.1) is 25.4 Å². The van der Waals surface area contributed by atoms with Crippen molar-refractivity contribution in [2.24, 2.45) is 11.8 Å². The number of carbonyl (C=O) groups excluding carboxylic acids is 2. The van der Waals surface area contributed by atoms with Gasteiger partial charge in [-0.2, -0.15) is 0 Å². The van der Waals surface area contributed by atoms with Crippen LogP contribution in [0.5, 0.6) is 0 Å². The van der Waals surface area contributed by atoms with E-state index in [9.17, 15) is 9.59 Å². The minimum atomic E-state index is -0.639. The Morgan fingerprint density at radius 3 is 2.18 bits per heavy atom. The molecule has 188 valence electrons. The van der Waals surface area contributed by atoms with Crippen LogP contribution in [0.3, 0.4) is 0 Å². The molecular formula is C29H42O5. The normalized spacial score (nSPS) is 18.7. The monoisotopic (exact) mass is 470 g/mol. The van der Waals surface area contributed by atoms with Crippen LogP contribution in [0.4, 0.5) is 0 Å². The number of benzene rings is 1. The highest BCUT2D eigenvalue weighted by atomic mass is 16.5. The molecule has 0 radical (unpaired) electrons. The maximum absolute atomic E-state index is 11.9. The first-order chi connectivity index (χ1) is 16.3. The molecule has 5 heteroatoms. The largest absolute Gasteiger partial charge is 0.462 e. The number of hydrogen-bond acceptors (Lipinski definition) is 5. The molecule has 0 aliphatic heterocycles. The number of aliphatic hydroxyl groups is 1. The summed E-state index contributed by atoms with van der Waals surface area (Å²) in [5.74, 6) is 0.225. The fraction of sp³-hybridized carbons (Fsp3) is 0.586. The van der Waals surface area contributed by atoms with Crippen LogP contribution < -0.4 is 0 Å². The number of aliphatic hydroxyl groups excluding tert-OH is 1. The van der Waals surface area contributed by atoms with E-state index in [0.717, 1.165) is 11.5 Å². The van der Waals surface area contributed by atoms with Crippen molar-refractivity contribution in [1.29, 1.82) is 0 Å². The molecule has 5 nitrogen and oxygen atoms in total. The van der Waals surface area contributed by atoms with E-state index >= 15 is 0 Å². The van der Waals surface area contributed by atoms with Gasteiger partial charge in [-0.05, 0) is 62.0 Å². The molecule has 1 unspecified atom stereocenters. The molecule has 1 fully saturated rings. The lowest BCUT2D eigenvalue weighted by Gasteiger charge is -2.29. The smallest absolute Gasteiger partial charge is 0.335 e. The highest BCUT2D eigenvalue weighted by molar-refractivity contribution is 5.88. The summed E-state index contributed by atoms with van der Waals surface area (Å²) in [6.45, 7) is 10.7. The molecule has 0 amide bonds. The van der Waals surface area contributed by atoms with Crippen LogP contribution >= 0.6 is 0 Å². The van der Waals surface area contributed by atoms with Crippen LogP contribution in [0.1, 0.15) is 82.3 Å². The predicted molar refractivity (Wildman–Crippen MR) is 135 cm³/mol. The van der Waals surface area contributed by atoms with Crippen LogP contribution in [0.25, 0.3) is 0 Å². The van der Waals surface area contributed by atoms with Crippen molar-refractivity contribution in [3.63, 3.8) is 0 Å². The van der Waals surface area contributed by atoms with Crippen LogP contribution in [0.2, 0.25) is 0 Å². The van der Waals surface area contributed by atoms with Gasteiger partial charge in [0.25, 0.3) is 0 Å². The molecule has 0 aromatic heterocycles. The maximum Gasteiger partial charge on any atom is 0.335 e. The first kappa shape index (κ1) is 27.8. The second kappa shape index (κ2) is 14.8. The van der Waals surface area contributed by atoms with Crippen molar-refractivity contribution in [2.45, 2.75) is 77.6 Å². The average molecular weight is 471 g/mol. The van der Waals surface area contributed by atoms with Gasteiger partial charge in [0, 0.05) is 11.5 Å². The summed E-state index contributed by atoms with van der Waals surface area (Å²) in [6, 6.07) is 8.69. The summed E-state index contributed by atoms with van der Waals surface area (Å²) < 4.78 is 10.6. The molecule has 1 aliphatic carbocycles. The van der Waals surface area contributed by atoms with Crippen molar-refractivity contribution >= 4 is 11.9 Å². The van der Waals surface area contributed by atoms with Crippen LogP contribution in [-0.4, -0.2) is 36.9 Å². The number of rotatable bonds is 14. The zero-order chi connectivity index (χ0) is 24.9. The summed E-state index contributed by atoms with van der Waals surface area (Å²) in [7, 11) is 0. The highest BCUT2D eigenvalue weighted by Crippen LogP contribution is 2.37. The molecule has 1 N–H and O–H groups in total. The first-order valence-corrected chi connectivity index (χ1v) is 12.7. The minimum absolute atomic E-state index is 0.00196. The minimum Gasteiger partial charge on any atom is -0.462 e. The van der Waals surface area contributed by atoms with Crippen molar-refractivity contribution in [2.75, 3.05) is 19.8 Å². The Hall–Kier alpha value is -2.40. The Labute approximate surface area is 205 Å². The van der Waals surface area contributed by atoms with Gasteiger partial charge in [-0.1, -0.05) is 70.0 Å². The third-order valence-electron chi connectivity index (χ3n) is 6.77. The number of esters is 2. The molecule has 0 saturated heterocycles. The SMILES string of the molecule is C=C(C)C(=O)OCC(COC(=O)C(=C)CO)Cc1ccc(C2CCC(CCCCC)CC2)cc1. The van der Waals surface area contributed by atoms with Gasteiger partial charge >= 0.3 is 11.9 Å². The molecule has 1 aromatic rings. The standard InChI is InChI=1S/C29H42O5/c1-5-6-7-8-23-9-13-26(14-10-23)27-15-11-24(12-16-27)17-25(19-33-28(31)21(2)3)20-34-29(32)22(4)18-30/h11-12,15-16,23,25-26,30H,2,4-10,13-14,17-20H2,1,3H3. The molecule has 34 heavy (non-hydrogen) atoms. The summed E-state index contributed by atoms with van der Waals surface area (Å²) in [5.41, 5.74) is 2.83. The molecule has 0 heterocycles. The average Bonchev–Trinajstić information content (AvgIpc) is 2.85. The lowest BCUT2D eigenvalue weighted by Crippen LogP contribution is -2.24. The number of carbonyl (C=O) groups is 2. The summed E-state index contributed by atoms with van der Waals surface area (Å²) in [5, 5.41) is 9.06. The third-order valence-corrected chi connectivity index (χ3v) is 6.77. The van der Waals surface area contributed by atoms with Gasteiger partial charge in [0.2, 0.25) is 0 Å². The summed E-state index contributed by atoms with van der Waals surface area (Å²) >= 11 is 0. The molecular weight excluding hydrogens is 428 g/mol. The van der Waals surface area contributed by atoms with Gasteiger partial charge in [-0.3, -0.25) is 0 Å². The van der Waals surface area contributed by atoms with Gasteiger partial charge in [-0.25, -0.2) is 9.59 Å². The van der Waals surface area contributed by atoms with Crippen LogP contribution in [0, 0.1) is 11.8 Å². The van der Waals surface area contributed by atoms with E-state index in [-0.39, 0.29) is 24.7 Å². The van der Waals surface area contributed by atoms with Gasteiger partial charge in [0.1, 0.15) is 0 Å². The van der Waals surface area contributed by atoms with Gasteiger partial charge < -0.3 is 14.6 Å². The Morgan fingerprint density at radius 1 is 1.00 bits per heavy atom. The van der Waals surface area contributed by atoms with Crippen molar-refractivity contribution < 1.29 is 24.2 Å². The van der Waals surface area contributed by atoms with Crippen molar-refractivity contribution in [3.8, 4) is 0 Å². The quantitative estimate of drug-likeness (QED) is 0.208. The number of ether oxygens (including phenoxy) is 2. The van der Waals surface area contributed by atoms with E-state index < -0.39 is 18.5 Å². The van der Waals surface area contributed by atoms with Crippen molar-refractivity contribution in [3.05, 3.63) is 59.7 Å². The fourth-order valence-corrected chi connectivity index (χ4v) is 4.57. The van der Waals surface area contributed by atoms with Crippen molar-refractivity contribution in [1.82, 2.24) is 0 Å². The molecule has 2 rings (SSSR count). The van der Waals surface area contributed by atoms with E-state index in [1.807, 2.05) is 0 Å². The Kier molecular flexibility index (Phi) is 12.1. The van der Waals surface area contributed by atoms with Gasteiger partial charge in [-0.15, -0.1) is 0 Å². The zero-order valence-electron chi connectivity index (χ0n) is 21.0. The molecule has 1 atom stereocenters.